The van der Waals surface area contributed by atoms with Crippen molar-refractivity contribution in [3.05, 3.63) is 130 Å². The molecule has 16 nitrogen and oxygen atoms in total. The Morgan fingerprint density at radius 2 is 0.971 bits per heavy atom. The van der Waals surface area contributed by atoms with Crippen LogP contribution < -0.4 is 9.47 Å². The highest BCUT2D eigenvalue weighted by atomic mass is 16.6. The monoisotopic (exact) mass is 934 g/mol. The van der Waals surface area contributed by atoms with Crippen molar-refractivity contribution in [3.63, 3.8) is 0 Å². The molecule has 1 saturated heterocycles. The average molecular weight is 935 g/mol. The minimum absolute atomic E-state index is 0.0470. The van der Waals surface area contributed by atoms with E-state index in [9.17, 15) is 43.5 Å². The van der Waals surface area contributed by atoms with E-state index < -0.39 is 59.9 Å². The molecule has 4 aromatic carbocycles. The van der Waals surface area contributed by atoms with Gasteiger partial charge >= 0.3 is 11.9 Å². The summed E-state index contributed by atoms with van der Waals surface area (Å²) in [6.45, 7) is 9.22. The van der Waals surface area contributed by atoms with Crippen LogP contribution in [0.5, 0.6) is 11.5 Å². The second-order valence-electron chi connectivity index (χ2n) is 16.6. The van der Waals surface area contributed by atoms with Crippen LogP contribution >= 0.6 is 0 Å². The summed E-state index contributed by atoms with van der Waals surface area (Å²) in [5.74, 6) is -2.90. The van der Waals surface area contributed by atoms with Crippen LogP contribution in [0.1, 0.15) is 135 Å². The normalized spacial score (nSPS) is 16.3. The standard InChI is InChI=1S/C26H29NO7.C22H19NO7.C4H10/c1-3-4-7-14-26(2,32)23(29)18-10-12-19(13-11-18)33-15-16-34-22(28)17-27-24(30)20-8-5-6-9-21(20)25(27)31;1-22(13-30-22)19(25)14-6-8-15(9-7-14)28-10-11-29-18(24)12-23-20(26)16-4-2-3-5-17(16)21(23)27;1-3-4-2/h5-6,8-13,32H,3-4,7,14-17H2,1-2H3;2-9H,10-13H2,1H3;3-4H2,1-2H3. The zero-order chi connectivity index (χ0) is 49.4. The van der Waals surface area contributed by atoms with Gasteiger partial charge in [-0.25, -0.2) is 0 Å². The number of ketones is 2. The smallest absolute Gasteiger partial charge is 0.326 e. The van der Waals surface area contributed by atoms with E-state index in [0.717, 1.165) is 29.1 Å². The van der Waals surface area contributed by atoms with E-state index >= 15 is 0 Å². The molecule has 16 heteroatoms. The van der Waals surface area contributed by atoms with Crippen molar-refractivity contribution in [1.29, 1.82) is 0 Å². The first kappa shape index (κ1) is 51.9. The van der Waals surface area contributed by atoms with Gasteiger partial charge in [0, 0.05) is 11.1 Å². The first-order chi connectivity index (χ1) is 32.5. The molecule has 2 unspecified atom stereocenters. The lowest BCUT2D eigenvalue weighted by atomic mass is 9.89. The SMILES string of the molecule is CC1(C(=O)c2ccc(OCCOC(=O)CN3C(=O)c4ccccc4C3=O)cc2)CO1.CCCC.CCCCCC(C)(O)C(=O)c1ccc(OCCOC(=O)CN2C(=O)c3ccccc3C2=O)cc1. The fourth-order valence-corrected chi connectivity index (χ4v) is 6.84. The number of fused-ring (bicyclic) bond motifs is 2. The number of unbranched alkanes of at least 4 members (excludes halogenated alkanes) is 3. The van der Waals surface area contributed by atoms with E-state index in [-0.39, 0.29) is 60.2 Å². The third kappa shape index (κ3) is 13.5. The van der Waals surface area contributed by atoms with E-state index in [1.165, 1.54) is 19.8 Å². The molecule has 2 atom stereocenters. The Morgan fingerprint density at radius 3 is 1.32 bits per heavy atom. The van der Waals surface area contributed by atoms with Gasteiger partial charge < -0.3 is 28.8 Å². The van der Waals surface area contributed by atoms with Gasteiger partial charge in [0.05, 0.1) is 28.9 Å². The van der Waals surface area contributed by atoms with Crippen molar-refractivity contribution in [3.8, 4) is 11.5 Å². The predicted octanol–water partition coefficient (Wildman–Crippen LogP) is 7.10. The molecule has 0 radical (unpaired) electrons. The van der Waals surface area contributed by atoms with Crippen LogP contribution in [0.25, 0.3) is 0 Å². The van der Waals surface area contributed by atoms with Gasteiger partial charge in [0.2, 0.25) is 0 Å². The second kappa shape index (κ2) is 24.1. The largest absolute Gasteiger partial charge is 0.490 e. The van der Waals surface area contributed by atoms with E-state index in [4.69, 9.17) is 23.7 Å². The molecular formula is C52H58N2O14. The number of nitrogens with zero attached hydrogens (tertiary/aromatic N) is 2. The van der Waals surface area contributed by atoms with Gasteiger partial charge in [-0.2, -0.15) is 0 Å². The third-order valence-corrected chi connectivity index (χ3v) is 11.1. The quantitative estimate of drug-likeness (QED) is 0.0290. The topological polar surface area (TPSA) is 213 Å². The molecule has 4 aromatic rings. The van der Waals surface area contributed by atoms with Crippen LogP contribution in [0.15, 0.2) is 97.1 Å². The van der Waals surface area contributed by atoms with Crippen LogP contribution in [-0.4, -0.2) is 119 Å². The molecule has 360 valence electrons. The Balaban J connectivity index is 0.000000237. The molecule has 0 aliphatic carbocycles. The summed E-state index contributed by atoms with van der Waals surface area (Å²) in [4.78, 5) is 99.6. The number of Topliss-reactive ketones (excluding diaryl/α,β-unsaturated/α-hetero) is 2. The Hall–Kier alpha value is -7.04. The molecule has 0 aromatic heterocycles. The number of hydrogen-bond acceptors (Lipinski definition) is 14. The highest BCUT2D eigenvalue weighted by Gasteiger charge is 2.47. The highest BCUT2D eigenvalue weighted by Crippen LogP contribution is 2.31. The van der Waals surface area contributed by atoms with E-state index in [1.807, 2.05) is 0 Å². The number of carbonyl (C=O) groups is 8. The molecule has 1 fully saturated rings. The van der Waals surface area contributed by atoms with Crippen molar-refractivity contribution < 1.29 is 67.1 Å². The Labute approximate surface area is 395 Å². The zero-order valence-electron chi connectivity index (χ0n) is 39.1. The van der Waals surface area contributed by atoms with Crippen LogP contribution in [0, 0.1) is 0 Å². The molecule has 7 rings (SSSR count). The second-order valence-corrected chi connectivity index (χ2v) is 16.6. The van der Waals surface area contributed by atoms with Crippen molar-refractivity contribution in [2.75, 3.05) is 46.1 Å². The van der Waals surface area contributed by atoms with E-state index in [1.54, 1.807) is 104 Å². The minimum atomic E-state index is -1.41. The summed E-state index contributed by atoms with van der Waals surface area (Å²) in [5, 5.41) is 10.5. The maximum absolute atomic E-state index is 12.6. The van der Waals surface area contributed by atoms with Gasteiger partial charge in [0.25, 0.3) is 23.6 Å². The fourth-order valence-electron chi connectivity index (χ4n) is 6.84. The fraction of sp³-hybridized carbons (Fsp3) is 0.385. The molecule has 1 N–H and O–H groups in total. The number of carbonyl (C=O) groups excluding carboxylic acids is 8. The molecule has 4 amide bonds. The number of epoxide rings is 1. The molecule has 3 aliphatic heterocycles. The number of hydrogen-bond donors (Lipinski definition) is 1. The van der Waals surface area contributed by atoms with Crippen LogP contribution in [0.3, 0.4) is 0 Å². The summed E-state index contributed by atoms with van der Waals surface area (Å²) in [6.07, 6.45) is 5.79. The average Bonchev–Trinajstić information content (AvgIpc) is 4.01. The first-order valence-electron chi connectivity index (χ1n) is 22.7. The maximum atomic E-state index is 12.6. The molecule has 68 heavy (non-hydrogen) atoms. The summed E-state index contributed by atoms with van der Waals surface area (Å²) < 4.78 is 26.3. The Morgan fingerprint density at radius 1 is 0.588 bits per heavy atom. The number of ether oxygens (including phenoxy) is 5. The number of rotatable bonds is 21. The maximum Gasteiger partial charge on any atom is 0.326 e. The van der Waals surface area contributed by atoms with Gasteiger partial charge in [0.1, 0.15) is 56.6 Å². The molecule has 0 saturated carbocycles. The minimum Gasteiger partial charge on any atom is -0.490 e. The summed E-state index contributed by atoms with van der Waals surface area (Å²) in [7, 11) is 0. The first-order valence-corrected chi connectivity index (χ1v) is 22.7. The number of imide groups is 2. The predicted molar refractivity (Wildman–Crippen MR) is 248 cm³/mol. The number of benzene rings is 4. The van der Waals surface area contributed by atoms with Crippen LogP contribution in [0.2, 0.25) is 0 Å². The van der Waals surface area contributed by atoms with Crippen LogP contribution in [-0.2, 0) is 23.8 Å². The number of esters is 2. The summed E-state index contributed by atoms with van der Waals surface area (Å²) >= 11 is 0. The molecule has 3 heterocycles. The Kier molecular flexibility index (Phi) is 18.4. The lowest BCUT2D eigenvalue weighted by Gasteiger charge is -2.21. The number of aliphatic hydroxyl groups is 1. The molecular weight excluding hydrogens is 877 g/mol. The number of amides is 4. The van der Waals surface area contributed by atoms with E-state index in [0.29, 0.717) is 35.7 Å². The summed E-state index contributed by atoms with van der Waals surface area (Å²) in [5.41, 5.74) is -0.0935. The third-order valence-electron chi connectivity index (χ3n) is 11.1. The molecule has 0 bridgehead atoms. The van der Waals surface area contributed by atoms with Crippen LogP contribution in [0.4, 0.5) is 0 Å². The van der Waals surface area contributed by atoms with Crippen molar-refractivity contribution in [2.45, 2.75) is 84.3 Å². The van der Waals surface area contributed by atoms with Gasteiger partial charge in [-0.1, -0.05) is 77.1 Å². The molecule has 3 aliphatic rings. The van der Waals surface area contributed by atoms with Crippen molar-refractivity contribution in [1.82, 2.24) is 9.80 Å². The molecule has 0 spiro atoms. The van der Waals surface area contributed by atoms with E-state index in [2.05, 4.69) is 20.8 Å². The Bertz CT molecular complexity index is 2390. The van der Waals surface area contributed by atoms with Gasteiger partial charge in [-0.3, -0.25) is 48.2 Å². The highest BCUT2D eigenvalue weighted by molar-refractivity contribution is 6.23. The van der Waals surface area contributed by atoms with Gasteiger partial charge in [0.15, 0.2) is 17.2 Å². The summed E-state index contributed by atoms with van der Waals surface area (Å²) in [6, 6.07) is 25.8. The van der Waals surface area contributed by atoms with Crippen molar-refractivity contribution >= 4 is 47.1 Å². The van der Waals surface area contributed by atoms with Gasteiger partial charge in [-0.05, 0) is 93.1 Å². The lowest BCUT2D eigenvalue weighted by molar-refractivity contribution is -0.145. The van der Waals surface area contributed by atoms with Gasteiger partial charge in [-0.15, -0.1) is 0 Å². The van der Waals surface area contributed by atoms with Crippen molar-refractivity contribution in [2.24, 2.45) is 0 Å². The zero-order valence-corrected chi connectivity index (χ0v) is 39.1. The lowest BCUT2D eigenvalue weighted by Crippen LogP contribution is -2.36.